The molecule has 12 heavy (non-hydrogen) atoms. The van der Waals surface area contributed by atoms with Gasteiger partial charge in [0.2, 0.25) is 0 Å². The van der Waals surface area contributed by atoms with Crippen molar-refractivity contribution in [1.29, 1.82) is 0 Å². The number of rotatable bonds is 0. The number of morpholine rings is 1. The molecule has 0 bridgehead atoms. The molecule has 0 amide bonds. The second-order valence-corrected chi connectivity index (χ2v) is 3.68. The van der Waals surface area contributed by atoms with Gasteiger partial charge in [0.25, 0.3) is 0 Å². The van der Waals surface area contributed by atoms with Crippen molar-refractivity contribution in [1.82, 2.24) is 10.6 Å². The summed E-state index contributed by atoms with van der Waals surface area (Å²) in [7, 11) is 0. The van der Waals surface area contributed by atoms with E-state index in [0.717, 1.165) is 38.2 Å². The zero-order chi connectivity index (χ0) is 8.44. The van der Waals surface area contributed by atoms with E-state index >= 15 is 0 Å². The van der Waals surface area contributed by atoms with Gasteiger partial charge in [-0.15, -0.1) is 0 Å². The fraction of sp³-hybridized carbons (Fsp3) is 0.778. The van der Waals surface area contributed by atoms with Crippen LogP contribution >= 0.6 is 0 Å². The van der Waals surface area contributed by atoms with Crippen molar-refractivity contribution < 1.29 is 4.74 Å². The smallest absolute Gasteiger partial charge is 0.0883 e. The molecule has 0 saturated carbocycles. The maximum atomic E-state index is 5.82. The molecular formula is C9H16N2O. The zero-order valence-corrected chi connectivity index (χ0v) is 7.36. The third-order valence-electron chi connectivity index (χ3n) is 2.73. The highest BCUT2D eigenvalue weighted by molar-refractivity contribution is 5.02. The molecule has 3 nitrogen and oxygen atoms in total. The van der Waals surface area contributed by atoms with Crippen LogP contribution in [0, 0.1) is 0 Å². The molecule has 68 valence electrons. The molecule has 0 unspecified atom stereocenters. The molecule has 2 aliphatic heterocycles. The molecule has 0 aromatic heterocycles. The van der Waals surface area contributed by atoms with Crippen molar-refractivity contribution in [2.75, 3.05) is 26.2 Å². The van der Waals surface area contributed by atoms with E-state index in [0.29, 0.717) is 6.61 Å². The van der Waals surface area contributed by atoms with Gasteiger partial charge in [0.15, 0.2) is 0 Å². The molecule has 1 spiro atoms. The Morgan fingerprint density at radius 3 is 2.67 bits per heavy atom. The van der Waals surface area contributed by atoms with Crippen LogP contribution in [0.5, 0.6) is 0 Å². The van der Waals surface area contributed by atoms with Crippen LogP contribution in [-0.2, 0) is 4.74 Å². The van der Waals surface area contributed by atoms with E-state index in [2.05, 4.69) is 17.2 Å². The van der Waals surface area contributed by atoms with Crippen LogP contribution in [0.25, 0.3) is 0 Å². The van der Waals surface area contributed by atoms with Gasteiger partial charge in [-0.05, 0) is 25.9 Å². The Morgan fingerprint density at radius 2 is 2.08 bits per heavy atom. The lowest BCUT2D eigenvalue weighted by molar-refractivity contribution is -0.0704. The Bertz CT molecular complexity index is 173. The van der Waals surface area contributed by atoms with Crippen LogP contribution in [0.3, 0.4) is 0 Å². The van der Waals surface area contributed by atoms with E-state index < -0.39 is 0 Å². The molecule has 2 fully saturated rings. The molecule has 3 heteroatoms. The molecule has 0 atom stereocenters. The van der Waals surface area contributed by atoms with Gasteiger partial charge in [-0.1, -0.05) is 6.58 Å². The summed E-state index contributed by atoms with van der Waals surface area (Å²) in [5.74, 6) is 0. The third-order valence-corrected chi connectivity index (χ3v) is 2.73. The Labute approximate surface area is 73.2 Å². The normalized spacial score (nSPS) is 28.5. The fourth-order valence-corrected chi connectivity index (χ4v) is 1.83. The first-order valence-corrected chi connectivity index (χ1v) is 4.57. The van der Waals surface area contributed by atoms with Gasteiger partial charge >= 0.3 is 0 Å². The van der Waals surface area contributed by atoms with Crippen LogP contribution in [-0.4, -0.2) is 31.8 Å². The first-order valence-electron chi connectivity index (χ1n) is 4.57. The van der Waals surface area contributed by atoms with Gasteiger partial charge < -0.3 is 15.4 Å². The van der Waals surface area contributed by atoms with Crippen molar-refractivity contribution in [2.45, 2.75) is 18.4 Å². The summed E-state index contributed by atoms with van der Waals surface area (Å²) in [5.41, 5.74) is 1.12. The molecule has 0 aliphatic carbocycles. The Balaban J connectivity index is 1.96. The lowest BCUT2D eigenvalue weighted by Gasteiger charge is -2.41. The summed E-state index contributed by atoms with van der Waals surface area (Å²) < 4.78 is 5.82. The van der Waals surface area contributed by atoms with E-state index in [1.165, 1.54) is 0 Å². The SMILES string of the molecule is C=C1COC2(CCNCC2)CN1. The van der Waals surface area contributed by atoms with Gasteiger partial charge in [-0.3, -0.25) is 0 Å². The Morgan fingerprint density at radius 1 is 1.33 bits per heavy atom. The van der Waals surface area contributed by atoms with Crippen LogP contribution in [0.1, 0.15) is 12.8 Å². The standard InChI is InChI=1S/C9H16N2O/c1-8-6-12-9(7-11-8)2-4-10-5-3-9/h10-11H,1-7H2. The molecule has 0 aromatic carbocycles. The summed E-state index contributed by atoms with van der Waals surface area (Å²) >= 11 is 0. The monoisotopic (exact) mass is 168 g/mol. The molecule has 2 rings (SSSR count). The number of nitrogens with one attached hydrogen (secondary N) is 2. The average Bonchev–Trinajstić information content (AvgIpc) is 2.13. The quantitative estimate of drug-likeness (QED) is 0.543. The first kappa shape index (κ1) is 8.08. The van der Waals surface area contributed by atoms with Gasteiger partial charge in [0.1, 0.15) is 0 Å². The predicted octanol–water partition coefficient (Wildman–Crippen LogP) is 0.242. The van der Waals surface area contributed by atoms with E-state index in [1.807, 2.05) is 0 Å². The Kier molecular flexibility index (Phi) is 2.07. The molecule has 0 radical (unpaired) electrons. The van der Waals surface area contributed by atoms with Gasteiger partial charge in [0.05, 0.1) is 12.2 Å². The van der Waals surface area contributed by atoms with Crippen LogP contribution < -0.4 is 10.6 Å². The highest BCUT2D eigenvalue weighted by atomic mass is 16.5. The molecule has 2 saturated heterocycles. The number of hydrogen-bond donors (Lipinski definition) is 2. The van der Waals surface area contributed by atoms with E-state index in [9.17, 15) is 0 Å². The lowest BCUT2D eigenvalue weighted by Crippen LogP contribution is -2.53. The highest BCUT2D eigenvalue weighted by Gasteiger charge is 2.35. The Hall–Kier alpha value is -0.540. The fourth-order valence-electron chi connectivity index (χ4n) is 1.83. The summed E-state index contributed by atoms with van der Waals surface area (Å²) in [5, 5.41) is 6.63. The molecule has 2 N–H and O–H groups in total. The number of piperidine rings is 1. The topological polar surface area (TPSA) is 33.3 Å². The second-order valence-electron chi connectivity index (χ2n) is 3.68. The van der Waals surface area contributed by atoms with Gasteiger partial charge in [-0.2, -0.15) is 0 Å². The number of hydrogen-bond acceptors (Lipinski definition) is 3. The lowest BCUT2D eigenvalue weighted by atomic mass is 9.91. The minimum atomic E-state index is 0.104. The van der Waals surface area contributed by atoms with Crippen molar-refractivity contribution >= 4 is 0 Å². The minimum absolute atomic E-state index is 0.104. The zero-order valence-electron chi connectivity index (χ0n) is 7.36. The first-order chi connectivity index (χ1) is 5.81. The van der Waals surface area contributed by atoms with Crippen molar-refractivity contribution in [2.24, 2.45) is 0 Å². The van der Waals surface area contributed by atoms with E-state index in [1.54, 1.807) is 0 Å². The van der Waals surface area contributed by atoms with Gasteiger partial charge in [-0.25, -0.2) is 0 Å². The van der Waals surface area contributed by atoms with Crippen LogP contribution in [0.4, 0.5) is 0 Å². The van der Waals surface area contributed by atoms with Gasteiger partial charge in [0, 0.05) is 12.2 Å². The summed E-state index contributed by atoms with van der Waals surface area (Å²) in [4.78, 5) is 0. The van der Waals surface area contributed by atoms with E-state index in [-0.39, 0.29) is 5.60 Å². The maximum absolute atomic E-state index is 5.82. The van der Waals surface area contributed by atoms with Crippen LogP contribution in [0.2, 0.25) is 0 Å². The average molecular weight is 168 g/mol. The molecule has 2 aliphatic rings. The summed E-state index contributed by atoms with van der Waals surface area (Å²) in [6.45, 7) is 7.61. The van der Waals surface area contributed by atoms with Crippen molar-refractivity contribution in [3.63, 3.8) is 0 Å². The molecule has 0 aromatic rings. The predicted molar refractivity (Wildman–Crippen MR) is 47.9 cm³/mol. The number of ether oxygens (including phenoxy) is 1. The van der Waals surface area contributed by atoms with Crippen molar-refractivity contribution in [3.8, 4) is 0 Å². The maximum Gasteiger partial charge on any atom is 0.0883 e. The summed E-state index contributed by atoms with van der Waals surface area (Å²) in [6, 6.07) is 0. The largest absolute Gasteiger partial charge is 0.384 e. The minimum Gasteiger partial charge on any atom is -0.384 e. The third kappa shape index (κ3) is 1.47. The second kappa shape index (κ2) is 3.07. The van der Waals surface area contributed by atoms with Crippen molar-refractivity contribution in [3.05, 3.63) is 12.3 Å². The molecular weight excluding hydrogens is 152 g/mol. The molecule has 2 heterocycles. The van der Waals surface area contributed by atoms with Crippen LogP contribution in [0.15, 0.2) is 12.3 Å². The van der Waals surface area contributed by atoms with E-state index in [4.69, 9.17) is 4.74 Å². The summed E-state index contributed by atoms with van der Waals surface area (Å²) in [6.07, 6.45) is 2.24. The highest BCUT2D eigenvalue weighted by Crippen LogP contribution is 2.25.